The van der Waals surface area contributed by atoms with Crippen molar-refractivity contribution in [3.8, 4) is 0 Å². The first-order valence-corrected chi connectivity index (χ1v) is 6.56. The van der Waals surface area contributed by atoms with Gasteiger partial charge in [0.2, 0.25) is 11.7 Å². The second-order valence-electron chi connectivity index (χ2n) is 4.66. The average molecular weight is 271 g/mol. The zero-order valence-electron chi connectivity index (χ0n) is 11.3. The summed E-state index contributed by atoms with van der Waals surface area (Å²) in [6, 6.07) is 7.93. The number of rotatable bonds is 5. The number of nitrogens with zero attached hydrogens (tertiary/aromatic N) is 4. The van der Waals surface area contributed by atoms with Crippen LogP contribution in [0.5, 0.6) is 0 Å². The van der Waals surface area contributed by atoms with Gasteiger partial charge in [-0.1, -0.05) is 5.16 Å². The minimum atomic E-state index is -0.0970. The van der Waals surface area contributed by atoms with Crippen LogP contribution < -0.4 is 5.73 Å². The molecule has 0 spiro atoms. The van der Waals surface area contributed by atoms with Gasteiger partial charge in [-0.2, -0.15) is 4.98 Å². The zero-order valence-corrected chi connectivity index (χ0v) is 11.3. The largest absolute Gasteiger partial charge is 0.352 e. The van der Waals surface area contributed by atoms with E-state index in [2.05, 4.69) is 25.3 Å². The third-order valence-corrected chi connectivity index (χ3v) is 3.28. The molecule has 6 nitrogen and oxygen atoms in total. The molecule has 0 aliphatic carbocycles. The van der Waals surface area contributed by atoms with Crippen molar-refractivity contribution < 1.29 is 4.52 Å². The highest BCUT2D eigenvalue weighted by Crippen LogP contribution is 2.24. The van der Waals surface area contributed by atoms with Gasteiger partial charge < -0.3 is 19.4 Å². The van der Waals surface area contributed by atoms with Crippen LogP contribution in [0.15, 0.2) is 47.4 Å². The van der Waals surface area contributed by atoms with Crippen LogP contribution in [0.25, 0.3) is 0 Å². The summed E-state index contributed by atoms with van der Waals surface area (Å²) in [4.78, 5) is 4.46. The van der Waals surface area contributed by atoms with E-state index in [1.807, 2.05) is 43.8 Å². The Morgan fingerprint density at radius 3 is 2.70 bits per heavy atom. The van der Waals surface area contributed by atoms with Gasteiger partial charge in [-0.25, -0.2) is 0 Å². The quantitative estimate of drug-likeness (QED) is 0.760. The van der Waals surface area contributed by atoms with Crippen molar-refractivity contribution in [1.29, 1.82) is 0 Å². The number of aromatic nitrogens is 4. The van der Waals surface area contributed by atoms with E-state index in [0.717, 1.165) is 5.69 Å². The molecule has 104 valence electrons. The minimum absolute atomic E-state index is 0.0970. The molecule has 0 aromatic carbocycles. The summed E-state index contributed by atoms with van der Waals surface area (Å²) in [6.07, 6.45) is 6.60. The van der Waals surface area contributed by atoms with Gasteiger partial charge in [0.1, 0.15) is 6.04 Å². The van der Waals surface area contributed by atoms with E-state index in [4.69, 9.17) is 10.3 Å². The maximum atomic E-state index is 5.52. The molecule has 1 atom stereocenters. The monoisotopic (exact) mass is 271 g/mol. The highest BCUT2D eigenvalue weighted by atomic mass is 16.5. The van der Waals surface area contributed by atoms with Crippen LogP contribution in [-0.2, 0) is 13.5 Å². The molecule has 0 saturated carbocycles. The molecule has 1 unspecified atom stereocenters. The Morgan fingerprint density at radius 2 is 2.05 bits per heavy atom. The Hall–Kier alpha value is -2.34. The van der Waals surface area contributed by atoms with Gasteiger partial charge in [-0.3, -0.25) is 0 Å². The van der Waals surface area contributed by atoms with Gasteiger partial charge in [0, 0.05) is 44.3 Å². The van der Waals surface area contributed by atoms with E-state index in [0.29, 0.717) is 24.7 Å². The SMILES string of the molecule is Cn1cccc1C(c1noc(CCN)n1)n1cccc1. The number of nitrogens with two attached hydrogens (primary N) is 1. The molecule has 3 aromatic heterocycles. The van der Waals surface area contributed by atoms with Crippen LogP contribution in [-0.4, -0.2) is 25.8 Å². The van der Waals surface area contributed by atoms with Crippen LogP contribution in [0.4, 0.5) is 0 Å². The lowest BCUT2D eigenvalue weighted by Gasteiger charge is -2.16. The maximum Gasteiger partial charge on any atom is 0.228 e. The molecule has 3 rings (SSSR count). The Morgan fingerprint density at radius 1 is 1.25 bits per heavy atom. The molecule has 0 aliphatic rings. The van der Waals surface area contributed by atoms with Crippen molar-refractivity contribution in [2.24, 2.45) is 12.8 Å². The fourth-order valence-electron chi connectivity index (χ4n) is 2.30. The van der Waals surface area contributed by atoms with Crippen molar-refractivity contribution in [3.63, 3.8) is 0 Å². The number of aryl methyl sites for hydroxylation is 1. The number of hydrogen-bond acceptors (Lipinski definition) is 4. The van der Waals surface area contributed by atoms with Gasteiger partial charge in [0.05, 0.1) is 0 Å². The third-order valence-electron chi connectivity index (χ3n) is 3.28. The van der Waals surface area contributed by atoms with E-state index >= 15 is 0 Å². The van der Waals surface area contributed by atoms with Crippen LogP contribution in [0.2, 0.25) is 0 Å². The van der Waals surface area contributed by atoms with Gasteiger partial charge in [-0.05, 0) is 24.3 Å². The third kappa shape index (κ3) is 2.25. The first kappa shape index (κ1) is 12.7. The fourth-order valence-corrected chi connectivity index (χ4v) is 2.30. The summed E-state index contributed by atoms with van der Waals surface area (Å²) in [6.45, 7) is 0.500. The first-order chi connectivity index (χ1) is 9.79. The Bertz CT molecular complexity index is 667. The molecule has 2 N–H and O–H groups in total. The lowest BCUT2D eigenvalue weighted by molar-refractivity contribution is 0.370. The molecule has 0 radical (unpaired) electrons. The summed E-state index contributed by atoms with van der Waals surface area (Å²) in [5.74, 6) is 1.22. The van der Waals surface area contributed by atoms with Crippen LogP contribution in [0, 0.1) is 0 Å². The van der Waals surface area contributed by atoms with Gasteiger partial charge in [0.15, 0.2) is 0 Å². The smallest absolute Gasteiger partial charge is 0.228 e. The predicted molar refractivity (Wildman–Crippen MR) is 74.1 cm³/mol. The minimum Gasteiger partial charge on any atom is -0.352 e. The molecule has 6 heteroatoms. The molecule has 3 aromatic rings. The summed E-state index contributed by atoms with van der Waals surface area (Å²) in [5, 5.41) is 4.11. The summed E-state index contributed by atoms with van der Waals surface area (Å²) < 4.78 is 9.38. The van der Waals surface area contributed by atoms with Crippen molar-refractivity contribution in [2.45, 2.75) is 12.5 Å². The highest BCUT2D eigenvalue weighted by molar-refractivity contribution is 5.21. The van der Waals surface area contributed by atoms with Gasteiger partial charge in [-0.15, -0.1) is 0 Å². The van der Waals surface area contributed by atoms with Crippen molar-refractivity contribution in [1.82, 2.24) is 19.3 Å². The van der Waals surface area contributed by atoms with Gasteiger partial charge in [0.25, 0.3) is 0 Å². The molecule has 0 saturated heterocycles. The van der Waals surface area contributed by atoms with Crippen LogP contribution in [0.3, 0.4) is 0 Å². The molecule has 0 fully saturated rings. The lowest BCUT2D eigenvalue weighted by atomic mass is 10.2. The lowest BCUT2D eigenvalue weighted by Crippen LogP contribution is -2.15. The van der Waals surface area contributed by atoms with E-state index in [-0.39, 0.29) is 6.04 Å². The zero-order chi connectivity index (χ0) is 13.9. The summed E-state index contributed by atoms with van der Waals surface area (Å²) in [5.41, 5.74) is 6.62. The predicted octanol–water partition coefficient (Wildman–Crippen LogP) is 1.35. The Balaban J connectivity index is 2.03. The first-order valence-electron chi connectivity index (χ1n) is 6.56. The van der Waals surface area contributed by atoms with Crippen LogP contribution >= 0.6 is 0 Å². The van der Waals surface area contributed by atoms with Crippen molar-refractivity contribution >= 4 is 0 Å². The average Bonchev–Trinajstić information content (AvgIpc) is 3.15. The van der Waals surface area contributed by atoms with Crippen molar-refractivity contribution in [2.75, 3.05) is 6.54 Å². The molecular formula is C14H17N5O. The standard InChI is InChI=1S/C14H17N5O/c1-18-8-4-5-11(18)13(19-9-2-3-10-19)14-16-12(6-7-15)20-17-14/h2-5,8-10,13H,6-7,15H2,1H3. The summed E-state index contributed by atoms with van der Waals surface area (Å²) >= 11 is 0. The van der Waals surface area contributed by atoms with E-state index in [9.17, 15) is 0 Å². The van der Waals surface area contributed by atoms with Gasteiger partial charge >= 0.3 is 0 Å². The second-order valence-corrected chi connectivity index (χ2v) is 4.66. The van der Waals surface area contributed by atoms with E-state index in [1.54, 1.807) is 0 Å². The Labute approximate surface area is 116 Å². The maximum absolute atomic E-state index is 5.52. The van der Waals surface area contributed by atoms with Crippen LogP contribution in [0.1, 0.15) is 23.5 Å². The highest BCUT2D eigenvalue weighted by Gasteiger charge is 2.23. The van der Waals surface area contributed by atoms with Crippen molar-refractivity contribution in [3.05, 3.63) is 60.3 Å². The van der Waals surface area contributed by atoms with E-state index < -0.39 is 0 Å². The molecule has 20 heavy (non-hydrogen) atoms. The topological polar surface area (TPSA) is 74.8 Å². The number of hydrogen-bond donors (Lipinski definition) is 1. The molecular weight excluding hydrogens is 254 g/mol. The molecule has 0 aliphatic heterocycles. The fraction of sp³-hybridized carbons (Fsp3) is 0.286. The molecule has 3 heterocycles. The van der Waals surface area contributed by atoms with E-state index in [1.165, 1.54) is 0 Å². The molecule has 0 bridgehead atoms. The molecule has 0 amide bonds. The second kappa shape index (κ2) is 5.34. The normalized spacial score (nSPS) is 12.7. The Kier molecular flexibility index (Phi) is 3.39. The summed E-state index contributed by atoms with van der Waals surface area (Å²) in [7, 11) is 2.01.